The van der Waals surface area contributed by atoms with Crippen LogP contribution in [0.5, 0.6) is 0 Å². The second kappa shape index (κ2) is 4.99. The quantitative estimate of drug-likeness (QED) is 0.817. The van der Waals surface area contributed by atoms with Crippen LogP contribution in [0, 0.1) is 5.82 Å². The number of rotatable bonds is 1. The molecule has 0 bridgehead atoms. The summed E-state index contributed by atoms with van der Waals surface area (Å²) in [4.78, 5) is 0. The second-order valence-corrected chi connectivity index (χ2v) is 5.12. The van der Waals surface area contributed by atoms with Gasteiger partial charge in [-0.3, -0.25) is 0 Å². The molecule has 0 fully saturated rings. The van der Waals surface area contributed by atoms with E-state index in [1.165, 1.54) is 16.8 Å². The second-order valence-electron chi connectivity index (χ2n) is 4.71. The summed E-state index contributed by atoms with van der Waals surface area (Å²) in [7, 11) is 0. The molecule has 0 saturated heterocycles. The number of fused-ring (bicyclic) bond motifs is 1. The van der Waals surface area contributed by atoms with E-state index in [9.17, 15) is 17.6 Å². The molecule has 2 aromatic rings. The average Bonchev–Trinajstić information content (AvgIpc) is 2.81. The first-order chi connectivity index (χ1) is 9.88. The Morgan fingerprint density at radius 1 is 1.29 bits per heavy atom. The highest BCUT2D eigenvalue weighted by Crippen LogP contribution is 2.35. The maximum absolute atomic E-state index is 13.2. The minimum Gasteiger partial charge on any atom is -0.312 e. The Morgan fingerprint density at radius 2 is 2.05 bits per heavy atom. The SMILES string of the molecule is Fc1ccc(-n2nc(C(F)(F)F)c3c2CCNC3)cc1Cl. The Bertz CT molecular complexity index is 693. The van der Waals surface area contributed by atoms with Gasteiger partial charge in [-0.2, -0.15) is 18.3 Å². The van der Waals surface area contributed by atoms with Crippen LogP contribution in [0.3, 0.4) is 0 Å². The van der Waals surface area contributed by atoms with Gasteiger partial charge in [0.2, 0.25) is 0 Å². The van der Waals surface area contributed by atoms with E-state index in [-0.39, 0.29) is 17.1 Å². The smallest absolute Gasteiger partial charge is 0.312 e. The van der Waals surface area contributed by atoms with Gasteiger partial charge in [0.15, 0.2) is 5.69 Å². The third-order valence-corrected chi connectivity index (χ3v) is 3.64. The molecule has 3 rings (SSSR count). The van der Waals surface area contributed by atoms with Gasteiger partial charge in [0.05, 0.1) is 16.4 Å². The first kappa shape index (κ1) is 14.3. The van der Waals surface area contributed by atoms with Crippen molar-refractivity contribution in [3.63, 3.8) is 0 Å². The molecule has 1 aliphatic rings. The minimum atomic E-state index is -4.53. The monoisotopic (exact) mass is 319 g/mol. The van der Waals surface area contributed by atoms with Gasteiger partial charge in [-0.1, -0.05) is 11.6 Å². The summed E-state index contributed by atoms with van der Waals surface area (Å²) in [6, 6.07) is 3.74. The zero-order valence-electron chi connectivity index (χ0n) is 10.6. The third kappa shape index (κ3) is 2.51. The molecule has 0 radical (unpaired) electrons. The summed E-state index contributed by atoms with van der Waals surface area (Å²) in [6.07, 6.45) is -4.12. The fourth-order valence-electron chi connectivity index (χ4n) is 2.41. The standard InChI is InChI=1S/C13H10ClF4N3/c14-9-5-7(1-2-10(9)15)21-11-3-4-19-6-8(11)12(20-21)13(16,17)18/h1-2,5,19H,3-4,6H2. The molecule has 0 unspecified atom stereocenters. The molecule has 8 heteroatoms. The molecule has 0 amide bonds. The van der Waals surface area contributed by atoms with Crippen LogP contribution in [0.1, 0.15) is 17.0 Å². The van der Waals surface area contributed by atoms with Gasteiger partial charge < -0.3 is 5.32 Å². The molecule has 1 aromatic carbocycles. The van der Waals surface area contributed by atoms with Crippen LogP contribution in [-0.4, -0.2) is 16.3 Å². The van der Waals surface area contributed by atoms with E-state index in [4.69, 9.17) is 11.6 Å². The van der Waals surface area contributed by atoms with Gasteiger partial charge in [-0.15, -0.1) is 0 Å². The number of alkyl halides is 3. The van der Waals surface area contributed by atoms with Crippen molar-refractivity contribution >= 4 is 11.6 Å². The number of hydrogen-bond acceptors (Lipinski definition) is 2. The number of halogens is 5. The first-order valence-corrected chi connectivity index (χ1v) is 6.60. The lowest BCUT2D eigenvalue weighted by Gasteiger charge is -2.16. The lowest BCUT2D eigenvalue weighted by molar-refractivity contribution is -0.142. The maximum Gasteiger partial charge on any atom is 0.435 e. The molecule has 21 heavy (non-hydrogen) atoms. The molecule has 0 aliphatic carbocycles. The zero-order chi connectivity index (χ0) is 15.2. The molecule has 0 atom stereocenters. The summed E-state index contributed by atoms with van der Waals surface area (Å²) < 4.78 is 53.6. The maximum atomic E-state index is 13.2. The van der Waals surface area contributed by atoms with Crippen molar-refractivity contribution in [2.45, 2.75) is 19.1 Å². The largest absolute Gasteiger partial charge is 0.435 e. The van der Waals surface area contributed by atoms with Gasteiger partial charge in [0, 0.05) is 25.1 Å². The molecule has 1 aliphatic heterocycles. The molecule has 1 N–H and O–H groups in total. The Labute approximate surface area is 122 Å². The molecule has 2 heterocycles. The van der Waals surface area contributed by atoms with Crippen molar-refractivity contribution in [3.8, 4) is 5.69 Å². The normalized spacial score (nSPS) is 15.1. The Balaban J connectivity index is 2.18. The van der Waals surface area contributed by atoms with Crippen LogP contribution < -0.4 is 5.32 Å². The molecule has 0 spiro atoms. The lowest BCUT2D eigenvalue weighted by Crippen LogP contribution is -2.25. The summed E-state index contributed by atoms with van der Waals surface area (Å²) >= 11 is 5.69. The number of aromatic nitrogens is 2. The molecule has 0 saturated carbocycles. The van der Waals surface area contributed by atoms with Crippen molar-refractivity contribution < 1.29 is 17.6 Å². The lowest BCUT2D eigenvalue weighted by atomic mass is 10.1. The Morgan fingerprint density at radius 3 is 2.71 bits per heavy atom. The summed E-state index contributed by atoms with van der Waals surface area (Å²) in [5, 5.41) is 6.42. The van der Waals surface area contributed by atoms with Gasteiger partial charge in [-0.05, 0) is 18.2 Å². The number of benzene rings is 1. The van der Waals surface area contributed by atoms with Crippen LogP contribution in [-0.2, 0) is 19.1 Å². The van der Waals surface area contributed by atoms with Gasteiger partial charge >= 0.3 is 6.18 Å². The van der Waals surface area contributed by atoms with E-state index in [2.05, 4.69) is 10.4 Å². The fourth-order valence-corrected chi connectivity index (χ4v) is 2.58. The van der Waals surface area contributed by atoms with Crippen molar-refractivity contribution in [1.29, 1.82) is 0 Å². The number of nitrogens with zero attached hydrogens (tertiary/aromatic N) is 2. The molecule has 1 aromatic heterocycles. The summed E-state index contributed by atoms with van der Waals surface area (Å²) in [5.41, 5.74) is 0.0122. The highest BCUT2D eigenvalue weighted by molar-refractivity contribution is 6.30. The van der Waals surface area contributed by atoms with Crippen LogP contribution in [0.15, 0.2) is 18.2 Å². The van der Waals surface area contributed by atoms with E-state index in [1.807, 2.05) is 0 Å². The highest BCUT2D eigenvalue weighted by atomic mass is 35.5. The van der Waals surface area contributed by atoms with Crippen LogP contribution in [0.4, 0.5) is 17.6 Å². The Hall–Kier alpha value is -1.60. The van der Waals surface area contributed by atoms with Crippen LogP contribution >= 0.6 is 11.6 Å². The molecule has 112 valence electrons. The molecular formula is C13H10ClF4N3. The van der Waals surface area contributed by atoms with E-state index < -0.39 is 17.7 Å². The van der Waals surface area contributed by atoms with Crippen LogP contribution in [0.25, 0.3) is 5.69 Å². The summed E-state index contributed by atoms with van der Waals surface area (Å²) in [6.45, 7) is 0.671. The Kier molecular flexibility index (Phi) is 3.41. The predicted molar refractivity (Wildman–Crippen MR) is 68.9 cm³/mol. The van der Waals surface area contributed by atoms with E-state index >= 15 is 0 Å². The van der Waals surface area contributed by atoms with Crippen LogP contribution in [0.2, 0.25) is 5.02 Å². The number of hydrogen-bond donors (Lipinski definition) is 1. The highest BCUT2D eigenvalue weighted by Gasteiger charge is 2.39. The molecule has 3 nitrogen and oxygen atoms in total. The van der Waals surface area contributed by atoms with E-state index in [0.29, 0.717) is 24.3 Å². The minimum absolute atomic E-state index is 0.110. The first-order valence-electron chi connectivity index (χ1n) is 6.22. The van der Waals surface area contributed by atoms with Gasteiger partial charge in [0.1, 0.15) is 5.82 Å². The average molecular weight is 320 g/mol. The zero-order valence-corrected chi connectivity index (χ0v) is 11.4. The predicted octanol–water partition coefficient (Wildman–Crippen LogP) is 3.33. The van der Waals surface area contributed by atoms with E-state index in [0.717, 1.165) is 6.07 Å². The van der Waals surface area contributed by atoms with Crippen molar-refractivity contribution in [2.24, 2.45) is 0 Å². The fraction of sp³-hybridized carbons (Fsp3) is 0.308. The van der Waals surface area contributed by atoms with E-state index in [1.54, 1.807) is 0 Å². The molecular weight excluding hydrogens is 310 g/mol. The van der Waals surface area contributed by atoms with Crippen molar-refractivity contribution in [3.05, 3.63) is 46.0 Å². The summed E-state index contributed by atoms with van der Waals surface area (Å²) in [5.74, 6) is -0.626. The third-order valence-electron chi connectivity index (χ3n) is 3.35. The van der Waals surface area contributed by atoms with Gasteiger partial charge in [0.25, 0.3) is 0 Å². The topological polar surface area (TPSA) is 29.9 Å². The van der Waals surface area contributed by atoms with Crippen molar-refractivity contribution in [1.82, 2.24) is 15.1 Å². The number of nitrogens with one attached hydrogen (secondary N) is 1. The van der Waals surface area contributed by atoms with Gasteiger partial charge in [-0.25, -0.2) is 9.07 Å². The van der Waals surface area contributed by atoms with Crippen molar-refractivity contribution in [2.75, 3.05) is 6.54 Å².